The monoisotopic (exact) mass is 236 g/mol. The molecule has 2 N–H and O–H groups in total. The smallest absolute Gasteiger partial charge is 0.339 e. The summed E-state index contributed by atoms with van der Waals surface area (Å²) in [6.07, 6.45) is 7.88. The molecule has 17 heavy (non-hydrogen) atoms. The molecule has 0 spiro atoms. The Kier molecular flexibility index (Phi) is 3.37. The molecule has 0 saturated carbocycles. The van der Waals surface area contributed by atoms with Gasteiger partial charge in [-0.1, -0.05) is 12.2 Å². The van der Waals surface area contributed by atoms with E-state index in [4.69, 9.17) is 5.11 Å². The van der Waals surface area contributed by atoms with Gasteiger partial charge in [0, 0.05) is 6.04 Å². The fourth-order valence-electron chi connectivity index (χ4n) is 1.84. The lowest BCUT2D eigenvalue weighted by Gasteiger charge is -2.20. The lowest BCUT2D eigenvalue weighted by molar-refractivity contribution is 0.0697. The Labute approximate surface area is 98.2 Å². The first-order valence-corrected chi connectivity index (χ1v) is 5.47. The van der Waals surface area contributed by atoms with E-state index in [9.17, 15) is 9.18 Å². The zero-order valence-electron chi connectivity index (χ0n) is 9.19. The lowest BCUT2D eigenvalue weighted by Crippen LogP contribution is -2.22. The number of aromatic carboxylic acids is 1. The van der Waals surface area contributed by atoms with Gasteiger partial charge in [-0.25, -0.2) is 14.2 Å². The number of carboxylic acids is 1. The van der Waals surface area contributed by atoms with E-state index in [0.29, 0.717) is 0 Å². The maximum atomic E-state index is 12.9. The molecule has 1 atom stereocenters. The Morgan fingerprint density at radius 3 is 3.00 bits per heavy atom. The number of nitrogens with one attached hydrogen (secondary N) is 1. The summed E-state index contributed by atoms with van der Waals surface area (Å²) in [6.45, 7) is 0. The predicted molar refractivity (Wildman–Crippen MR) is 61.6 cm³/mol. The average Bonchev–Trinajstić information content (AvgIpc) is 2.32. The summed E-state index contributed by atoms with van der Waals surface area (Å²) in [5.74, 6) is -1.58. The van der Waals surface area contributed by atoms with Crippen molar-refractivity contribution < 1.29 is 14.3 Å². The number of pyridine rings is 1. The van der Waals surface area contributed by atoms with Crippen molar-refractivity contribution in [3.63, 3.8) is 0 Å². The van der Waals surface area contributed by atoms with Gasteiger partial charge in [-0.05, 0) is 25.3 Å². The quantitative estimate of drug-likeness (QED) is 0.791. The molecule has 1 aliphatic rings. The zero-order chi connectivity index (χ0) is 12.3. The summed E-state index contributed by atoms with van der Waals surface area (Å²) < 4.78 is 12.9. The molecular formula is C12H13FN2O2. The minimum absolute atomic E-state index is 0.125. The average molecular weight is 236 g/mol. The molecule has 1 aromatic heterocycles. The summed E-state index contributed by atoms with van der Waals surface area (Å²) in [6, 6.07) is 1.15. The van der Waals surface area contributed by atoms with Gasteiger partial charge >= 0.3 is 5.97 Å². The molecule has 90 valence electrons. The van der Waals surface area contributed by atoms with E-state index in [2.05, 4.69) is 16.4 Å². The van der Waals surface area contributed by atoms with Gasteiger partial charge in [0.05, 0.1) is 6.20 Å². The van der Waals surface area contributed by atoms with E-state index in [1.165, 1.54) is 0 Å². The number of allylic oxidation sites excluding steroid dienone is 1. The Morgan fingerprint density at radius 2 is 2.35 bits per heavy atom. The molecule has 0 radical (unpaired) electrons. The van der Waals surface area contributed by atoms with Crippen LogP contribution in [0.4, 0.5) is 10.2 Å². The fraction of sp³-hybridized carbons (Fsp3) is 0.333. The van der Waals surface area contributed by atoms with Crippen LogP contribution < -0.4 is 5.32 Å². The molecule has 1 aliphatic carbocycles. The Balaban J connectivity index is 2.19. The number of rotatable bonds is 3. The van der Waals surface area contributed by atoms with Crippen LogP contribution in [0.15, 0.2) is 24.4 Å². The number of nitrogens with zero attached hydrogens (tertiary/aromatic N) is 1. The number of aromatic nitrogens is 1. The molecule has 0 amide bonds. The van der Waals surface area contributed by atoms with E-state index in [1.54, 1.807) is 0 Å². The van der Waals surface area contributed by atoms with Crippen LogP contribution >= 0.6 is 0 Å². The van der Waals surface area contributed by atoms with Gasteiger partial charge in [0.1, 0.15) is 17.2 Å². The fourth-order valence-corrected chi connectivity index (χ4v) is 1.84. The van der Waals surface area contributed by atoms with Gasteiger partial charge in [-0.3, -0.25) is 0 Å². The van der Waals surface area contributed by atoms with Gasteiger partial charge in [0.25, 0.3) is 0 Å². The molecule has 0 aliphatic heterocycles. The van der Waals surface area contributed by atoms with Gasteiger partial charge < -0.3 is 10.4 Å². The van der Waals surface area contributed by atoms with Crippen LogP contribution in [0.2, 0.25) is 0 Å². The second-order valence-electron chi connectivity index (χ2n) is 3.98. The molecular weight excluding hydrogens is 223 g/mol. The highest BCUT2D eigenvalue weighted by Crippen LogP contribution is 2.19. The number of halogens is 1. The third kappa shape index (κ3) is 2.81. The highest BCUT2D eigenvalue weighted by molar-refractivity contribution is 5.93. The van der Waals surface area contributed by atoms with E-state index >= 15 is 0 Å². The van der Waals surface area contributed by atoms with Crippen molar-refractivity contribution in [2.45, 2.75) is 25.3 Å². The summed E-state index contributed by atoms with van der Waals surface area (Å²) in [5.41, 5.74) is -0.125. The Hall–Kier alpha value is -1.91. The Morgan fingerprint density at radius 1 is 1.53 bits per heavy atom. The molecule has 4 nitrogen and oxygen atoms in total. The Bertz CT molecular complexity index is 460. The summed E-state index contributed by atoms with van der Waals surface area (Å²) in [5, 5.41) is 12.0. The molecule has 0 bridgehead atoms. The van der Waals surface area contributed by atoms with Gasteiger partial charge in [0.15, 0.2) is 0 Å². The summed E-state index contributed by atoms with van der Waals surface area (Å²) in [7, 11) is 0. The number of carboxylic acid groups (broad SMARTS) is 1. The minimum atomic E-state index is -1.18. The molecule has 1 aromatic rings. The van der Waals surface area contributed by atoms with Crippen LogP contribution in [-0.4, -0.2) is 22.1 Å². The molecule has 0 fully saturated rings. The summed E-state index contributed by atoms with van der Waals surface area (Å²) in [4.78, 5) is 14.8. The highest BCUT2D eigenvalue weighted by Gasteiger charge is 2.16. The second kappa shape index (κ2) is 4.95. The van der Waals surface area contributed by atoms with Crippen LogP contribution in [0.1, 0.15) is 29.6 Å². The predicted octanol–water partition coefficient (Wildman–Crippen LogP) is 2.44. The molecule has 5 heteroatoms. The van der Waals surface area contributed by atoms with E-state index in [0.717, 1.165) is 31.5 Å². The SMILES string of the molecule is O=C(O)c1cc(F)cnc1NC1CC=CCC1. The van der Waals surface area contributed by atoms with Crippen molar-refractivity contribution in [3.8, 4) is 0 Å². The van der Waals surface area contributed by atoms with Crippen molar-refractivity contribution >= 4 is 11.8 Å². The van der Waals surface area contributed by atoms with Crippen molar-refractivity contribution in [2.24, 2.45) is 0 Å². The van der Waals surface area contributed by atoms with Gasteiger partial charge in [-0.15, -0.1) is 0 Å². The first-order chi connectivity index (χ1) is 8.16. The molecule has 0 saturated heterocycles. The van der Waals surface area contributed by atoms with Crippen molar-refractivity contribution in [1.82, 2.24) is 4.98 Å². The normalized spacial score (nSPS) is 19.0. The van der Waals surface area contributed by atoms with Gasteiger partial charge in [-0.2, -0.15) is 0 Å². The number of hydrogen-bond acceptors (Lipinski definition) is 3. The van der Waals surface area contributed by atoms with E-state index in [1.807, 2.05) is 6.08 Å². The maximum absolute atomic E-state index is 12.9. The van der Waals surface area contributed by atoms with Crippen LogP contribution in [0, 0.1) is 5.82 Å². The minimum Gasteiger partial charge on any atom is -0.478 e. The topological polar surface area (TPSA) is 62.2 Å². The van der Waals surface area contributed by atoms with Crippen LogP contribution in [0.5, 0.6) is 0 Å². The first kappa shape index (κ1) is 11.6. The van der Waals surface area contributed by atoms with E-state index in [-0.39, 0.29) is 17.4 Å². The largest absolute Gasteiger partial charge is 0.478 e. The third-order valence-electron chi connectivity index (χ3n) is 2.69. The number of carbonyl (C=O) groups is 1. The molecule has 2 rings (SSSR count). The van der Waals surface area contributed by atoms with Crippen molar-refractivity contribution in [3.05, 3.63) is 35.8 Å². The van der Waals surface area contributed by atoms with Gasteiger partial charge in [0.2, 0.25) is 0 Å². The number of hydrogen-bond donors (Lipinski definition) is 2. The first-order valence-electron chi connectivity index (χ1n) is 5.47. The third-order valence-corrected chi connectivity index (χ3v) is 2.69. The highest BCUT2D eigenvalue weighted by atomic mass is 19.1. The van der Waals surface area contributed by atoms with Crippen molar-refractivity contribution in [1.29, 1.82) is 0 Å². The molecule has 0 aromatic carbocycles. The standard InChI is InChI=1S/C12H13FN2O2/c13-8-6-10(12(16)17)11(14-7-8)15-9-4-2-1-3-5-9/h1-2,6-7,9H,3-5H2,(H,14,15)(H,16,17). The summed E-state index contributed by atoms with van der Waals surface area (Å²) >= 11 is 0. The van der Waals surface area contributed by atoms with Crippen molar-refractivity contribution in [2.75, 3.05) is 5.32 Å². The van der Waals surface area contributed by atoms with E-state index < -0.39 is 11.8 Å². The second-order valence-corrected chi connectivity index (χ2v) is 3.98. The van der Waals surface area contributed by atoms with Crippen LogP contribution in [0.3, 0.4) is 0 Å². The number of anilines is 1. The lowest BCUT2D eigenvalue weighted by atomic mass is 10.0. The van der Waals surface area contributed by atoms with Crippen LogP contribution in [-0.2, 0) is 0 Å². The zero-order valence-corrected chi connectivity index (χ0v) is 9.19. The maximum Gasteiger partial charge on any atom is 0.339 e. The molecule has 1 unspecified atom stereocenters. The molecule has 1 heterocycles. The van der Waals surface area contributed by atoms with Crippen LogP contribution in [0.25, 0.3) is 0 Å².